The van der Waals surface area contributed by atoms with Gasteiger partial charge in [-0.25, -0.2) is 9.18 Å². The van der Waals surface area contributed by atoms with E-state index < -0.39 is 23.9 Å². The number of nitrogens with zero attached hydrogens (tertiary/aromatic N) is 3. The Hall–Kier alpha value is -2.39. The second kappa shape index (κ2) is 9.24. The molecule has 0 aliphatic carbocycles. The first-order valence-corrected chi connectivity index (χ1v) is 12.3. The molecule has 2 aromatic rings. The van der Waals surface area contributed by atoms with Crippen LogP contribution in [0.5, 0.6) is 0 Å². The van der Waals surface area contributed by atoms with E-state index in [1.54, 1.807) is 6.20 Å². The molecular weight excluding hydrogens is 448 g/mol. The van der Waals surface area contributed by atoms with E-state index in [-0.39, 0.29) is 23.9 Å². The number of carbonyl (C=O) groups is 1. The van der Waals surface area contributed by atoms with Crippen molar-refractivity contribution in [1.29, 1.82) is 0 Å². The zero-order valence-electron chi connectivity index (χ0n) is 21.9. The van der Waals surface area contributed by atoms with Crippen molar-refractivity contribution >= 4 is 18.7 Å². The molecule has 4 rings (SSSR count). The van der Waals surface area contributed by atoms with Gasteiger partial charge in [-0.3, -0.25) is 4.68 Å². The first-order valence-electron chi connectivity index (χ1n) is 12.3. The van der Waals surface area contributed by atoms with Crippen molar-refractivity contribution in [3.63, 3.8) is 0 Å². The van der Waals surface area contributed by atoms with Gasteiger partial charge in [-0.15, -0.1) is 0 Å². The normalized spacial score (nSPS) is 23.7. The molecule has 9 heteroatoms. The Morgan fingerprint density at radius 2 is 1.80 bits per heavy atom. The molecule has 0 N–H and O–H groups in total. The van der Waals surface area contributed by atoms with Crippen molar-refractivity contribution in [3.05, 3.63) is 48.0 Å². The number of amides is 1. The molecule has 2 aliphatic rings. The van der Waals surface area contributed by atoms with Gasteiger partial charge >= 0.3 is 13.2 Å². The summed E-state index contributed by atoms with van der Waals surface area (Å²) >= 11 is 0. The summed E-state index contributed by atoms with van der Waals surface area (Å²) < 4.78 is 33.2. The molecule has 35 heavy (non-hydrogen) atoms. The smallest absolute Gasteiger partial charge is 0.444 e. The zero-order chi connectivity index (χ0) is 25.6. The third-order valence-electron chi connectivity index (χ3n) is 7.14. The molecule has 7 nitrogen and oxygen atoms in total. The predicted molar refractivity (Wildman–Crippen MR) is 133 cm³/mol. The first kappa shape index (κ1) is 25.7. The van der Waals surface area contributed by atoms with E-state index in [0.29, 0.717) is 13.1 Å². The number of hydrogen-bond donors (Lipinski definition) is 0. The fourth-order valence-electron chi connectivity index (χ4n) is 4.63. The molecule has 1 amide bonds. The van der Waals surface area contributed by atoms with Crippen molar-refractivity contribution in [2.45, 2.75) is 90.7 Å². The minimum Gasteiger partial charge on any atom is -0.444 e. The van der Waals surface area contributed by atoms with E-state index in [2.05, 4.69) is 5.10 Å². The molecule has 2 aliphatic heterocycles. The first-order chi connectivity index (χ1) is 16.2. The predicted octanol–water partition coefficient (Wildman–Crippen LogP) is 4.19. The summed E-state index contributed by atoms with van der Waals surface area (Å²) in [6, 6.07) is 6.51. The fourth-order valence-corrected chi connectivity index (χ4v) is 4.63. The zero-order valence-corrected chi connectivity index (χ0v) is 21.9. The highest BCUT2D eigenvalue weighted by Gasteiger charge is 2.52. The average molecular weight is 485 g/mol. The third kappa shape index (κ3) is 5.89. The van der Waals surface area contributed by atoms with E-state index in [9.17, 15) is 9.18 Å². The average Bonchev–Trinajstić information content (AvgIpc) is 3.40. The molecule has 0 bridgehead atoms. The van der Waals surface area contributed by atoms with Crippen LogP contribution in [0.25, 0.3) is 0 Å². The molecule has 190 valence electrons. The number of carbonyl (C=O) groups excluding carboxylic acids is 1. The number of ether oxygens (including phenoxy) is 1. The topological polar surface area (TPSA) is 65.8 Å². The van der Waals surface area contributed by atoms with Crippen LogP contribution in [-0.4, -0.2) is 57.3 Å². The number of aromatic nitrogens is 2. The number of rotatable bonds is 5. The summed E-state index contributed by atoms with van der Waals surface area (Å²) in [6.07, 6.45) is 4.96. The van der Waals surface area contributed by atoms with Crippen LogP contribution in [0, 0.1) is 11.7 Å². The standard InChI is InChI=1S/C26H37BFN3O4/c1-24(2,3)33-23(32)31-15-19(12-18-8-10-21(28)11-9-18)13-22(31)17-30-16-20(14-29-30)27-34-25(4,5)26(6,7)35-27/h8-11,14,16,19,22H,12-13,15,17H2,1-7H3. The Morgan fingerprint density at radius 1 is 1.17 bits per heavy atom. The molecular formula is C26H37BFN3O4. The number of likely N-dealkylation sites (tertiary alicyclic amines) is 1. The lowest BCUT2D eigenvalue weighted by Crippen LogP contribution is -2.41. The molecule has 2 saturated heterocycles. The van der Waals surface area contributed by atoms with Gasteiger partial charge < -0.3 is 18.9 Å². The Labute approximate surface area is 208 Å². The summed E-state index contributed by atoms with van der Waals surface area (Å²) in [5.74, 6) is 0.000947. The van der Waals surface area contributed by atoms with Gasteiger partial charge in [-0.1, -0.05) is 12.1 Å². The van der Waals surface area contributed by atoms with Crippen LogP contribution in [0.4, 0.5) is 9.18 Å². The Morgan fingerprint density at radius 3 is 2.40 bits per heavy atom. The van der Waals surface area contributed by atoms with Gasteiger partial charge in [0, 0.05) is 24.4 Å². The molecule has 1 aromatic carbocycles. The van der Waals surface area contributed by atoms with Crippen LogP contribution in [0.1, 0.15) is 60.5 Å². The number of halogens is 1. The van der Waals surface area contributed by atoms with Crippen LogP contribution >= 0.6 is 0 Å². The van der Waals surface area contributed by atoms with Gasteiger partial charge in [0.1, 0.15) is 11.4 Å². The third-order valence-corrected chi connectivity index (χ3v) is 7.14. The van der Waals surface area contributed by atoms with Gasteiger partial charge in [0.05, 0.1) is 23.8 Å². The molecule has 2 unspecified atom stereocenters. The highest BCUT2D eigenvalue weighted by Crippen LogP contribution is 2.36. The van der Waals surface area contributed by atoms with Crippen molar-refractivity contribution in [1.82, 2.24) is 14.7 Å². The minimum absolute atomic E-state index is 0.0682. The maximum absolute atomic E-state index is 13.3. The summed E-state index contributed by atoms with van der Waals surface area (Å²) in [7, 11) is -0.481. The second-order valence-electron chi connectivity index (χ2n) is 11.8. The van der Waals surface area contributed by atoms with Gasteiger partial charge in [0.15, 0.2) is 0 Å². The lowest BCUT2D eigenvalue weighted by atomic mass is 9.82. The maximum atomic E-state index is 13.3. The summed E-state index contributed by atoms with van der Waals surface area (Å²) in [4.78, 5) is 14.9. The van der Waals surface area contributed by atoms with Gasteiger partial charge in [0.2, 0.25) is 0 Å². The van der Waals surface area contributed by atoms with Crippen LogP contribution < -0.4 is 5.46 Å². The molecule has 0 spiro atoms. The Bertz CT molecular complexity index is 1030. The van der Waals surface area contributed by atoms with Gasteiger partial charge in [0.25, 0.3) is 0 Å². The van der Waals surface area contributed by atoms with Crippen LogP contribution in [0.2, 0.25) is 0 Å². The van der Waals surface area contributed by atoms with Crippen LogP contribution in [0.3, 0.4) is 0 Å². The van der Waals surface area contributed by atoms with Crippen LogP contribution in [0.15, 0.2) is 36.7 Å². The van der Waals surface area contributed by atoms with E-state index in [1.807, 2.05) is 76.4 Å². The van der Waals surface area contributed by atoms with Gasteiger partial charge in [-0.2, -0.15) is 5.10 Å². The largest absolute Gasteiger partial charge is 0.498 e. The molecule has 2 atom stereocenters. The molecule has 0 saturated carbocycles. The van der Waals surface area contributed by atoms with Crippen LogP contribution in [-0.2, 0) is 27.0 Å². The Kier molecular flexibility index (Phi) is 6.79. The SMILES string of the molecule is CC(C)(C)OC(=O)N1CC(Cc2ccc(F)cc2)CC1Cn1cc(B2OC(C)(C)C(C)(C)O2)cn1. The Balaban J connectivity index is 1.47. The molecule has 3 heterocycles. The lowest BCUT2D eigenvalue weighted by molar-refractivity contribution is 0.00578. The van der Waals surface area contributed by atoms with Crippen molar-refractivity contribution in [2.24, 2.45) is 5.92 Å². The molecule has 0 radical (unpaired) electrons. The lowest BCUT2D eigenvalue weighted by Gasteiger charge is -2.32. The van der Waals surface area contributed by atoms with E-state index in [0.717, 1.165) is 23.9 Å². The van der Waals surface area contributed by atoms with Crippen molar-refractivity contribution < 1.29 is 23.2 Å². The maximum Gasteiger partial charge on any atom is 0.498 e. The van der Waals surface area contributed by atoms with E-state index in [1.165, 1.54) is 12.1 Å². The molecule has 1 aromatic heterocycles. The van der Waals surface area contributed by atoms with E-state index >= 15 is 0 Å². The second-order valence-corrected chi connectivity index (χ2v) is 11.8. The number of hydrogen-bond acceptors (Lipinski definition) is 5. The summed E-state index contributed by atoms with van der Waals surface area (Å²) in [5, 5.41) is 4.54. The van der Waals surface area contributed by atoms with E-state index in [4.69, 9.17) is 14.0 Å². The highest BCUT2D eigenvalue weighted by molar-refractivity contribution is 6.62. The monoisotopic (exact) mass is 485 g/mol. The number of benzene rings is 1. The summed E-state index contributed by atoms with van der Waals surface area (Å²) in [5.41, 5.74) is 0.488. The summed E-state index contributed by atoms with van der Waals surface area (Å²) in [6.45, 7) is 14.8. The fraction of sp³-hybridized carbons (Fsp3) is 0.615. The quantitative estimate of drug-likeness (QED) is 0.595. The van der Waals surface area contributed by atoms with Crippen molar-refractivity contribution in [3.8, 4) is 0 Å². The van der Waals surface area contributed by atoms with Crippen molar-refractivity contribution in [2.75, 3.05) is 6.54 Å². The minimum atomic E-state index is -0.577. The highest BCUT2D eigenvalue weighted by atomic mass is 19.1. The molecule has 2 fully saturated rings. The van der Waals surface area contributed by atoms with Gasteiger partial charge in [-0.05, 0) is 84.9 Å².